The molecule has 0 radical (unpaired) electrons. The molecule has 2 atom stereocenters. The molecule has 0 aliphatic carbocycles. The molecule has 2 amide bonds. The van der Waals surface area contributed by atoms with Crippen molar-refractivity contribution in [1.29, 1.82) is 0 Å². The number of nitrogens with zero attached hydrogens (tertiary/aromatic N) is 1. The van der Waals surface area contributed by atoms with E-state index in [1.165, 1.54) is 0 Å². The maximum Gasteiger partial charge on any atom is 0.241 e. The Balaban J connectivity index is 1.76. The lowest BCUT2D eigenvalue weighted by molar-refractivity contribution is -0.118. The molecular formula is C20H22ClN3O2. The summed E-state index contributed by atoms with van der Waals surface area (Å²) >= 11 is 6.23. The van der Waals surface area contributed by atoms with Crippen molar-refractivity contribution in [2.24, 2.45) is 0 Å². The highest BCUT2D eigenvalue weighted by atomic mass is 35.5. The summed E-state index contributed by atoms with van der Waals surface area (Å²) in [4.78, 5) is 26.7. The lowest BCUT2D eigenvalue weighted by atomic mass is 10.1. The van der Waals surface area contributed by atoms with Crippen LogP contribution in [0.1, 0.15) is 31.9 Å². The average Bonchev–Trinajstić information content (AvgIpc) is 2.74. The van der Waals surface area contributed by atoms with Crippen LogP contribution in [0.4, 0.5) is 11.4 Å². The molecule has 0 spiro atoms. The van der Waals surface area contributed by atoms with Gasteiger partial charge in [-0.05, 0) is 37.6 Å². The Bertz CT molecular complexity index is 824. The third-order valence-electron chi connectivity index (χ3n) is 4.56. The molecule has 1 aliphatic rings. The largest absolute Gasteiger partial charge is 0.324 e. The molecule has 2 aromatic rings. The number of hydrogen-bond donors (Lipinski definition) is 2. The molecule has 1 heterocycles. The van der Waals surface area contributed by atoms with E-state index in [0.29, 0.717) is 10.7 Å². The summed E-state index contributed by atoms with van der Waals surface area (Å²) in [7, 11) is 0. The monoisotopic (exact) mass is 371 g/mol. The van der Waals surface area contributed by atoms with Crippen LogP contribution < -0.4 is 15.5 Å². The van der Waals surface area contributed by atoms with E-state index in [1.807, 2.05) is 62.4 Å². The summed E-state index contributed by atoms with van der Waals surface area (Å²) in [6.45, 7) is 4.01. The minimum absolute atomic E-state index is 0.0649. The van der Waals surface area contributed by atoms with E-state index in [-0.39, 0.29) is 36.9 Å². The zero-order valence-electron chi connectivity index (χ0n) is 14.8. The first-order valence-corrected chi connectivity index (χ1v) is 9.04. The number of halogens is 1. The Morgan fingerprint density at radius 3 is 2.73 bits per heavy atom. The summed E-state index contributed by atoms with van der Waals surface area (Å²) in [6, 6.07) is 14.7. The fourth-order valence-corrected chi connectivity index (χ4v) is 3.53. The predicted octanol–water partition coefficient (Wildman–Crippen LogP) is 3.75. The number of para-hydroxylation sites is 2. The van der Waals surface area contributed by atoms with Crippen LogP contribution in [0.3, 0.4) is 0 Å². The van der Waals surface area contributed by atoms with Crippen molar-refractivity contribution in [3.63, 3.8) is 0 Å². The van der Waals surface area contributed by atoms with Crippen molar-refractivity contribution >= 4 is 34.8 Å². The van der Waals surface area contributed by atoms with Crippen LogP contribution in [0.25, 0.3) is 0 Å². The minimum Gasteiger partial charge on any atom is -0.324 e. The van der Waals surface area contributed by atoms with Gasteiger partial charge in [0.1, 0.15) is 0 Å². The molecular weight excluding hydrogens is 350 g/mol. The standard InChI is InChI=1S/C20H22ClN3O2/c1-13-11-19(25)23-17-9-5-6-10-18(17)24(13)20(26)12-22-14(2)15-7-3-4-8-16(15)21/h3-10,13-14,22H,11-12H2,1-2H3,(H,23,25)/t13-,14+/m1/s1. The third kappa shape index (κ3) is 3.89. The van der Waals surface area contributed by atoms with E-state index in [4.69, 9.17) is 11.6 Å². The summed E-state index contributed by atoms with van der Waals surface area (Å²) < 4.78 is 0. The number of amides is 2. The van der Waals surface area contributed by atoms with Gasteiger partial charge in [-0.2, -0.15) is 0 Å². The van der Waals surface area contributed by atoms with Crippen molar-refractivity contribution in [2.75, 3.05) is 16.8 Å². The molecule has 136 valence electrons. The first-order chi connectivity index (χ1) is 12.5. The summed E-state index contributed by atoms with van der Waals surface area (Å²) in [5.74, 6) is -0.169. The van der Waals surface area contributed by atoms with Crippen LogP contribution in [-0.2, 0) is 9.59 Å². The topological polar surface area (TPSA) is 61.4 Å². The van der Waals surface area contributed by atoms with E-state index < -0.39 is 0 Å². The van der Waals surface area contributed by atoms with Crippen molar-refractivity contribution in [3.05, 3.63) is 59.1 Å². The fourth-order valence-electron chi connectivity index (χ4n) is 3.23. The van der Waals surface area contributed by atoms with E-state index >= 15 is 0 Å². The van der Waals surface area contributed by atoms with E-state index in [0.717, 1.165) is 11.3 Å². The Morgan fingerprint density at radius 2 is 1.96 bits per heavy atom. The first-order valence-electron chi connectivity index (χ1n) is 8.66. The van der Waals surface area contributed by atoms with Crippen LogP contribution in [0.15, 0.2) is 48.5 Å². The molecule has 1 aliphatic heterocycles. The molecule has 0 bridgehead atoms. The molecule has 0 unspecified atom stereocenters. The second-order valence-corrected chi connectivity index (χ2v) is 6.91. The lowest BCUT2D eigenvalue weighted by Gasteiger charge is -2.28. The minimum atomic E-state index is -0.219. The number of rotatable bonds is 4. The molecule has 0 fully saturated rings. The van der Waals surface area contributed by atoms with Crippen LogP contribution in [0.2, 0.25) is 5.02 Å². The number of fused-ring (bicyclic) bond motifs is 1. The second-order valence-electron chi connectivity index (χ2n) is 6.51. The third-order valence-corrected chi connectivity index (χ3v) is 4.90. The Morgan fingerprint density at radius 1 is 1.27 bits per heavy atom. The van der Waals surface area contributed by atoms with Gasteiger partial charge in [0.05, 0.1) is 17.9 Å². The molecule has 26 heavy (non-hydrogen) atoms. The number of nitrogens with one attached hydrogen (secondary N) is 2. The summed E-state index contributed by atoms with van der Waals surface area (Å²) in [5, 5.41) is 6.77. The average molecular weight is 372 g/mol. The van der Waals surface area contributed by atoms with Gasteiger partial charge < -0.3 is 15.5 Å². The van der Waals surface area contributed by atoms with Crippen LogP contribution in [-0.4, -0.2) is 24.4 Å². The molecule has 0 aromatic heterocycles. The van der Waals surface area contributed by atoms with Gasteiger partial charge in [0, 0.05) is 23.5 Å². The zero-order chi connectivity index (χ0) is 18.7. The number of anilines is 2. The van der Waals surface area contributed by atoms with Crippen LogP contribution in [0.5, 0.6) is 0 Å². The molecule has 3 rings (SSSR count). The number of carbonyl (C=O) groups is 2. The number of carbonyl (C=O) groups excluding carboxylic acids is 2. The maximum absolute atomic E-state index is 12.9. The van der Waals surface area contributed by atoms with Crippen molar-refractivity contribution in [3.8, 4) is 0 Å². The molecule has 0 saturated heterocycles. The molecule has 0 saturated carbocycles. The van der Waals surface area contributed by atoms with Crippen molar-refractivity contribution in [1.82, 2.24) is 5.32 Å². The molecule has 2 N–H and O–H groups in total. The Hall–Kier alpha value is -2.37. The van der Waals surface area contributed by atoms with Crippen molar-refractivity contribution in [2.45, 2.75) is 32.4 Å². The highest BCUT2D eigenvalue weighted by Crippen LogP contribution is 2.31. The first kappa shape index (κ1) is 18.4. The smallest absolute Gasteiger partial charge is 0.241 e. The van der Waals surface area contributed by atoms with Gasteiger partial charge >= 0.3 is 0 Å². The van der Waals surface area contributed by atoms with Gasteiger partial charge in [-0.3, -0.25) is 9.59 Å². The lowest BCUT2D eigenvalue weighted by Crippen LogP contribution is -2.44. The quantitative estimate of drug-likeness (QED) is 0.860. The summed E-state index contributed by atoms with van der Waals surface area (Å²) in [6.07, 6.45) is 0.264. The van der Waals surface area contributed by atoms with Gasteiger partial charge in [-0.25, -0.2) is 0 Å². The van der Waals surface area contributed by atoms with Crippen molar-refractivity contribution < 1.29 is 9.59 Å². The van der Waals surface area contributed by atoms with Gasteiger partial charge in [-0.15, -0.1) is 0 Å². The van der Waals surface area contributed by atoms with Gasteiger partial charge in [-0.1, -0.05) is 41.9 Å². The van der Waals surface area contributed by atoms with Crippen LogP contribution >= 0.6 is 11.6 Å². The molecule has 2 aromatic carbocycles. The van der Waals surface area contributed by atoms with E-state index in [9.17, 15) is 9.59 Å². The SMILES string of the molecule is C[C@H](NCC(=O)N1c2ccccc2NC(=O)C[C@H]1C)c1ccccc1Cl. The highest BCUT2D eigenvalue weighted by molar-refractivity contribution is 6.31. The zero-order valence-corrected chi connectivity index (χ0v) is 15.6. The van der Waals surface area contributed by atoms with Gasteiger partial charge in [0.2, 0.25) is 11.8 Å². The highest BCUT2D eigenvalue weighted by Gasteiger charge is 2.29. The number of hydrogen-bond acceptors (Lipinski definition) is 3. The van der Waals surface area contributed by atoms with Gasteiger partial charge in [0.25, 0.3) is 0 Å². The van der Waals surface area contributed by atoms with E-state index in [2.05, 4.69) is 10.6 Å². The molecule has 6 heteroatoms. The Kier molecular flexibility index (Phi) is 5.59. The van der Waals surface area contributed by atoms with E-state index in [1.54, 1.807) is 4.90 Å². The summed E-state index contributed by atoms with van der Waals surface area (Å²) in [5.41, 5.74) is 2.33. The fraction of sp³-hybridized carbons (Fsp3) is 0.300. The predicted molar refractivity (Wildman–Crippen MR) is 105 cm³/mol. The molecule has 5 nitrogen and oxygen atoms in total. The number of benzene rings is 2. The van der Waals surface area contributed by atoms with Gasteiger partial charge in [0.15, 0.2) is 0 Å². The normalized spacial score (nSPS) is 17.9. The Labute approximate surface area is 158 Å². The maximum atomic E-state index is 12.9. The second kappa shape index (κ2) is 7.89. The van der Waals surface area contributed by atoms with Crippen LogP contribution in [0, 0.1) is 0 Å².